The molecule has 1 aromatic carbocycles. The molecule has 0 radical (unpaired) electrons. The number of halogens is 2. The van der Waals surface area contributed by atoms with Gasteiger partial charge in [0.25, 0.3) is 0 Å². The fraction of sp³-hybridized carbons (Fsp3) is 0.600. The number of hydrogen-bond donors (Lipinski definition) is 1. The third-order valence-electron chi connectivity index (χ3n) is 3.10. The second-order valence-electron chi connectivity index (χ2n) is 5.40. The average molecular weight is 424 g/mol. The SMILES string of the molecule is C(OCC1CO1)C1CO1.CC(C)c1c(O)ccc(Br)c1Br. The van der Waals surface area contributed by atoms with Crippen LogP contribution in [0.15, 0.2) is 21.1 Å². The molecule has 118 valence electrons. The van der Waals surface area contributed by atoms with Crippen molar-refractivity contribution in [1.82, 2.24) is 0 Å². The molecule has 3 rings (SSSR count). The van der Waals surface area contributed by atoms with E-state index in [1.807, 2.05) is 19.9 Å². The van der Waals surface area contributed by atoms with Crippen LogP contribution in [0.5, 0.6) is 5.75 Å². The zero-order chi connectivity index (χ0) is 15.4. The maximum Gasteiger partial charge on any atom is 0.120 e. The minimum Gasteiger partial charge on any atom is -0.508 e. The zero-order valence-corrected chi connectivity index (χ0v) is 15.3. The molecule has 0 saturated carbocycles. The molecule has 2 atom stereocenters. The summed E-state index contributed by atoms with van der Waals surface area (Å²) in [5.74, 6) is 0.664. The number of hydrogen-bond acceptors (Lipinski definition) is 4. The van der Waals surface area contributed by atoms with E-state index < -0.39 is 0 Å². The van der Waals surface area contributed by atoms with Crippen LogP contribution in [0, 0.1) is 0 Å². The molecule has 0 amide bonds. The van der Waals surface area contributed by atoms with Crippen LogP contribution < -0.4 is 0 Å². The standard InChI is InChI=1S/C9H10Br2O.C6H10O3/c1-5(2)8-7(12)4-3-6(10)9(8)11;1(5-3-8-5)7-2-6-4-9-6/h3-5,12H,1-2H3;5-6H,1-4H2. The Morgan fingerprint density at radius 3 is 2.10 bits per heavy atom. The predicted octanol–water partition coefficient (Wildman–Crippen LogP) is 3.84. The van der Waals surface area contributed by atoms with E-state index in [-0.39, 0.29) is 0 Å². The second-order valence-corrected chi connectivity index (χ2v) is 7.04. The van der Waals surface area contributed by atoms with Crippen LogP contribution in [0.1, 0.15) is 25.3 Å². The number of ether oxygens (including phenoxy) is 3. The molecule has 0 spiro atoms. The maximum atomic E-state index is 9.54. The van der Waals surface area contributed by atoms with Crippen molar-refractivity contribution in [2.45, 2.75) is 32.0 Å². The first-order valence-electron chi connectivity index (χ1n) is 6.96. The van der Waals surface area contributed by atoms with E-state index in [0.29, 0.717) is 23.9 Å². The molecule has 1 aromatic rings. The van der Waals surface area contributed by atoms with Gasteiger partial charge in [0, 0.05) is 14.5 Å². The average Bonchev–Trinajstić information content (AvgIpc) is 3.29. The molecule has 2 aliphatic heterocycles. The number of epoxide rings is 2. The summed E-state index contributed by atoms with van der Waals surface area (Å²) in [5.41, 5.74) is 0.948. The molecule has 0 aromatic heterocycles. The van der Waals surface area contributed by atoms with Crippen molar-refractivity contribution in [3.8, 4) is 5.75 Å². The highest BCUT2D eigenvalue weighted by atomic mass is 79.9. The van der Waals surface area contributed by atoms with E-state index >= 15 is 0 Å². The first kappa shape index (κ1) is 17.2. The minimum absolute atomic E-state index is 0.317. The van der Waals surface area contributed by atoms with E-state index in [0.717, 1.165) is 40.9 Å². The topological polar surface area (TPSA) is 54.5 Å². The van der Waals surface area contributed by atoms with Crippen LogP contribution in [0.25, 0.3) is 0 Å². The highest BCUT2D eigenvalue weighted by Crippen LogP contribution is 2.37. The molecule has 21 heavy (non-hydrogen) atoms. The molecule has 2 unspecified atom stereocenters. The van der Waals surface area contributed by atoms with Gasteiger partial charge in [-0.2, -0.15) is 0 Å². The Labute approximate surface area is 142 Å². The van der Waals surface area contributed by atoms with Crippen molar-refractivity contribution in [1.29, 1.82) is 0 Å². The van der Waals surface area contributed by atoms with Crippen LogP contribution in [0.3, 0.4) is 0 Å². The van der Waals surface area contributed by atoms with E-state index in [9.17, 15) is 5.11 Å². The third kappa shape index (κ3) is 5.87. The van der Waals surface area contributed by atoms with Crippen LogP contribution in [-0.4, -0.2) is 43.7 Å². The lowest BCUT2D eigenvalue weighted by molar-refractivity contribution is 0.102. The van der Waals surface area contributed by atoms with Crippen LogP contribution in [-0.2, 0) is 14.2 Å². The largest absolute Gasteiger partial charge is 0.508 e. The lowest BCUT2D eigenvalue weighted by atomic mass is 10.0. The summed E-state index contributed by atoms with van der Waals surface area (Å²) in [6, 6.07) is 3.52. The van der Waals surface area contributed by atoms with Gasteiger partial charge in [0.05, 0.1) is 26.4 Å². The number of phenolic OH excluding ortho intramolecular Hbond substituents is 1. The smallest absolute Gasteiger partial charge is 0.120 e. The maximum absolute atomic E-state index is 9.54. The zero-order valence-electron chi connectivity index (χ0n) is 12.1. The van der Waals surface area contributed by atoms with Gasteiger partial charge >= 0.3 is 0 Å². The molecule has 0 aliphatic carbocycles. The first-order valence-corrected chi connectivity index (χ1v) is 8.55. The summed E-state index contributed by atoms with van der Waals surface area (Å²) < 4.78 is 17.0. The van der Waals surface area contributed by atoms with Gasteiger partial charge in [-0.05, 0) is 49.9 Å². The Hall–Kier alpha value is -0.140. The molecule has 0 bridgehead atoms. The summed E-state index contributed by atoms with van der Waals surface area (Å²) in [5, 5.41) is 9.54. The molecule has 2 fully saturated rings. The Morgan fingerprint density at radius 2 is 1.71 bits per heavy atom. The van der Waals surface area contributed by atoms with E-state index in [2.05, 4.69) is 31.9 Å². The molecule has 2 heterocycles. The molecule has 4 nitrogen and oxygen atoms in total. The van der Waals surface area contributed by atoms with E-state index in [1.165, 1.54) is 0 Å². The second kappa shape index (κ2) is 7.92. The molecule has 6 heteroatoms. The van der Waals surface area contributed by atoms with E-state index in [1.54, 1.807) is 6.07 Å². The minimum atomic E-state index is 0.317. The van der Waals surface area contributed by atoms with Crippen molar-refractivity contribution in [3.63, 3.8) is 0 Å². The summed E-state index contributed by atoms with van der Waals surface area (Å²) in [7, 11) is 0. The number of aromatic hydroxyl groups is 1. The van der Waals surface area contributed by atoms with E-state index in [4.69, 9.17) is 14.2 Å². The van der Waals surface area contributed by atoms with Crippen LogP contribution in [0.4, 0.5) is 0 Å². The molecule has 2 aliphatic rings. The number of benzene rings is 1. The van der Waals surface area contributed by atoms with Gasteiger partial charge in [-0.1, -0.05) is 13.8 Å². The summed E-state index contributed by atoms with van der Waals surface area (Å²) in [6.07, 6.45) is 0.785. The first-order chi connectivity index (χ1) is 9.99. The van der Waals surface area contributed by atoms with Crippen LogP contribution in [0.2, 0.25) is 0 Å². The highest BCUT2D eigenvalue weighted by Gasteiger charge is 2.26. The van der Waals surface area contributed by atoms with Gasteiger partial charge in [-0.3, -0.25) is 0 Å². The molecular weight excluding hydrogens is 404 g/mol. The summed E-state index contributed by atoms with van der Waals surface area (Å²) >= 11 is 6.82. The van der Waals surface area contributed by atoms with Crippen molar-refractivity contribution >= 4 is 31.9 Å². The third-order valence-corrected chi connectivity index (χ3v) is 5.15. The number of rotatable bonds is 5. The van der Waals surface area contributed by atoms with Crippen molar-refractivity contribution in [2.75, 3.05) is 26.4 Å². The van der Waals surface area contributed by atoms with Gasteiger partial charge in [0.2, 0.25) is 0 Å². The predicted molar refractivity (Wildman–Crippen MR) is 87.9 cm³/mol. The Bertz CT molecular complexity index is 459. The van der Waals surface area contributed by atoms with Crippen molar-refractivity contribution in [3.05, 3.63) is 26.6 Å². The highest BCUT2D eigenvalue weighted by molar-refractivity contribution is 9.13. The van der Waals surface area contributed by atoms with Crippen molar-refractivity contribution < 1.29 is 19.3 Å². The van der Waals surface area contributed by atoms with Crippen molar-refractivity contribution in [2.24, 2.45) is 0 Å². The Balaban J connectivity index is 0.000000159. The molecule has 2 saturated heterocycles. The Kier molecular flexibility index (Phi) is 6.50. The number of phenols is 1. The lowest BCUT2D eigenvalue weighted by Crippen LogP contribution is -2.06. The fourth-order valence-corrected chi connectivity index (χ4v) is 2.90. The van der Waals surface area contributed by atoms with Gasteiger partial charge in [-0.25, -0.2) is 0 Å². The fourth-order valence-electron chi connectivity index (χ4n) is 1.76. The van der Waals surface area contributed by atoms with Crippen LogP contribution >= 0.6 is 31.9 Å². The van der Waals surface area contributed by atoms with Gasteiger partial charge in [0.1, 0.15) is 18.0 Å². The Morgan fingerprint density at radius 1 is 1.19 bits per heavy atom. The monoisotopic (exact) mass is 422 g/mol. The quantitative estimate of drug-likeness (QED) is 0.731. The normalized spacial score (nSPS) is 22.7. The summed E-state index contributed by atoms with van der Waals surface area (Å²) in [6.45, 7) is 7.36. The van der Waals surface area contributed by atoms with Gasteiger partial charge < -0.3 is 19.3 Å². The molecule has 1 N–H and O–H groups in total. The lowest BCUT2D eigenvalue weighted by Gasteiger charge is -2.11. The molecular formula is C15H20Br2O4. The van der Waals surface area contributed by atoms with Gasteiger partial charge in [-0.15, -0.1) is 0 Å². The van der Waals surface area contributed by atoms with Gasteiger partial charge in [0.15, 0.2) is 0 Å². The summed E-state index contributed by atoms with van der Waals surface area (Å²) in [4.78, 5) is 0.